The summed E-state index contributed by atoms with van der Waals surface area (Å²) >= 11 is 3.33. The van der Waals surface area contributed by atoms with E-state index in [9.17, 15) is 28.4 Å². The highest BCUT2D eigenvalue weighted by Gasteiger charge is 2.38. The zero-order valence-corrected chi connectivity index (χ0v) is 19.9. The maximum atomic E-state index is 13.2. The molecule has 0 heterocycles. The first-order valence-corrected chi connectivity index (χ1v) is 11.5. The van der Waals surface area contributed by atoms with Crippen molar-refractivity contribution >= 4 is 37.7 Å². The number of rotatable bonds is 7. The van der Waals surface area contributed by atoms with E-state index in [2.05, 4.69) is 15.9 Å². The molecule has 31 heavy (non-hydrogen) atoms. The predicted molar refractivity (Wildman–Crippen MR) is 119 cm³/mol. The van der Waals surface area contributed by atoms with Crippen LogP contribution in [0.4, 0.5) is 10.5 Å². The van der Waals surface area contributed by atoms with Crippen LogP contribution < -0.4 is 0 Å². The third kappa shape index (κ3) is 5.60. The molecule has 9 nitrogen and oxygen atoms in total. The van der Waals surface area contributed by atoms with Crippen molar-refractivity contribution in [2.75, 3.05) is 13.6 Å². The van der Waals surface area contributed by atoms with Crippen molar-refractivity contribution in [2.24, 2.45) is 0 Å². The monoisotopic (exact) mass is 513 g/mol. The lowest BCUT2D eigenvalue weighted by Gasteiger charge is -2.41. The molecule has 2 aromatic carbocycles. The Morgan fingerprint density at radius 2 is 1.71 bits per heavy atom. The Balaban J connectivity index is 2.55. The van der Waals surface area contributed by atoms with Gasteiger partial charge in [-0.3, -0.25) is 15.0 Å². The van der Waals surface area contributed by atoms with Gasteiger partial charge in [0.1, 0.15) is 0 Å². The number of carboxylic acid groups (broad SMARTS) is 1. The molecule has 0 saturated carbocycles. The number of likely N-dealkylation sites (N-methyl/N-ethyl adjacent to an activating group) is 1. The average Bonchev–Trinajstić information content (AvgIpc) is 2.66. The van der Waals surface area contributed by atoms with Gasteiger partial charge in [0.2, 0.25) is 10.0 Å². The Hall–Kier alpha value is -2.50. The molecule has 2 rings (SSSR count). The molecule has 0 spiro atoms. The Morgan fingerprint density at radius 3 is 2.19 bits per heavy atom. The molecule has 0 aliphatic carbocycles. The van der Waals surface area contributed by atoms with Gasteiger partial charge in [-0.25, -0.2) is 13.2 Å². The molecular formula is C20H24BrN3O6S. The molecule has 168 valence electrons. The summed E-state index contributed by atoms with van der Waals surface area (Å²) in [4.78, 5) is 23.4. The molecule has 0 unspecified atom stereocenters. The highest BCUT2D eigenvalue weighted by Crippen LogP contribution is 2.32. The van der Waals surface area contributed by atoms with Crippen molar-refractivity contribution in [1.29, 1.82) is 0 Å². The van der Waals surface area contributed by atoms with E-state index >= 15 is 0 Å². The van der Waals surface area contributed by atoms with Gasteiger partial charge in [-0.15, -0.1) is 0 Å². The fourth-order valence-corrected chi connectivity index (χ4v) is 4.84. The van der Waals surface area contributed by atoms with Crippen LogP contribution in [0.5, 0.6) is 0 Å². The highest BCUT2D eigenvalue weighted by molar-refractivity contribution is 9.10. The van der Waals surface area contributed by atoms with Gasteiger partial charge in [0.15, 0.2) is 4.90 Å². The zero-order valence-electron chi connectivity index (χ0n) is 17.5. The van der Waals surface area contributed by atoms with Crippen molar-refractivity contribution < 1.29 is 23.2 Å². The molecule has 0 aliphatic heterocycles. The molecule has 1 atom stereocenters. The second kappa shape index (κ2) is 9.33. The summed E-state index contributed by atoms with van der Waals surface area (Å²) in [6.45, 7) is 4.90. The number of sulfonamides is 1. The van der Waals surface area contributed by atoms with Gasteiger partial charge in [-0.05, 0) is 44.5 Å². The molecule has 11 heteroatoms. The lowest BCUT2D eigenvalue weighted by atomic mass is 9.98. The van der Waals surface area contributed by atoms with Gasteiger partial charge < -0.3 is 5.11 Å². The fourth-order valence-electron chi connectivity index (χ4n) is 3.24. The van der Waals surface area contributed by atoms with Crippen molar-refractivity contribution in [1.82, 2.24) is 9.21 Å². The summed E-state index contributed by atoms with van der Waals surface area (Å²) in [5, 5.41) is 21.2. The van der Waals surface area contributed by atoms with E-state index in [1.54, 1.807) is 45.0 Å². The first-order chi connectivity index (χ1) is 14.3. The molecule has 0 fully saturated rings. The Kier molecular flexibility index (Phi) is 7.45. The van der Waals surface area contributed by atoms with Crippen LogP contribution in [0.25, 0.3) is 0 Å². The van der Waals surface area contributed by atoms with Crippen LogP contribution >= 0.6 is 15.9 Å². The molecule has 0 bridgehead atoms. The SMILES string of the molecule is CN(C[C@@H](c1ccc(Br)cc1)N(C(=O)O)C(C)(C)C)S(=O)(=O)c1ccccc1[N+](=O)[O-]. The minimum Gasteiger partial charge on any atom is -0.465 e. The Labute approximate surface area is 189 Å². The quantitative estimate of drug-likeness (QED) is 0.429. The maximum absolute atomic E-state index is 13.2. The number of hydrogen-bond acceptors (Lipinski definition) is 5. The van der Waals surface area contributed by atoms with Crippen molar-refractivity contribution in [3.05, 3.63) is 68.7 Å². The van der Waals surface area contributed by atoms with E-state index in [-0.39, 0.29) is 6.54 Å². The van der Waals surface area contributed by atoms with Crippen LogP contribution in [0.2, 0.25) is 0 Å². The van der Waals surface area contributed by atoms with Gasteiger partial charge in [0.25, 0.3) is 5.69 Å². The number of amides is 1. The Morgan fingerprint density at radius 1 is 1.16 bits per heavy atom. The zero-order chi connectivity index (χ0) is 23.6. The van der Waals surface area contributed by atoms with Gasteiger partial charge in [0.05, 0.1) is 11.0 Å². The molecule has 1 N–H and O–H groups in total. The smallest absolute Gasteiger partial charge is 0.408 e. The van der Waals surface area contributed by atoms with Crippen LogP contribution in [0, 0.1) is 10.1 Å². The standard InChI is InChI=1S/C20H24BrN3O6S/c1-20(2,3)23(19(25)26)17(14-9-11-15(21)12-10-14)13-22(4)31(29,30)18-8-6-5-7-16(18)24(27)28/h5-12,17H,13H2,1-4H3,(H,25,26)/t17-/m0/s1. The normalized spacial score (nSPS) is 13.1. The minimum atomic E-state index is -4.27. The molecule has 0 aromatic heterocycles. The predicted octanol–water partition coefficient (Wildman–Crippen LogP) is 4.50. The largest absolute Gasteiger partial charge is 0.465 e. The highest BCUT2D eigenvalue weighted by atomic mass is 79.9. The van der Waals surface area contributed by atoms with Crippen LogP contribution in [0.1, 0.15) is 32.4 Å². The summed E-state index contributed by atoms with van der Waals surface area (Å²) in [5.74, 6) is 0. The number of para-hydroxylation sites is 1. The number of nitro groups is 1. The lowest BCUT2D eigenvalue weighted by Crippen LogP contribution is -2.50. The Bertz CT molecular complexity index is 1070. The third-order valence-corrected chi connectivity index (χ3v) is 7.07. The van der Waals surface area contributed by atoms with Crippen molar-refractivity contribution in [3.8, 4) is 0 Å². The number of benzene rings is 2. The number of halogens is 1. The lowest BCUT2D eigenvalue weighted by molar-refractivity contribution is -0.387. The van der Waals surface area contributed by atoms with Crippen LogP contribution in [-0.4, -0.2) is 52.9 Å². The minimum absolute atomic E-state index is 0.237. The molecular weight excluding hydrogens is 490 g/mol. The first-order valence-electron chi connectivity index (χ1n) is 9.24. The maximum Gasteiger partial charge on any atom is 0.408 e. The van der Waals surface area contributed by atoms with E-state index in [1.807, 2.05) is 0 Å². The second-order valence-corrected chi connectivity index (χ2v) is 10.8. The van der Waals surface area contributed by atoms with E-state index in [4.69, 9.17) is 0 Å². The van der Waals surface area contributed by atoms with E-state index in [1.165, 1.54) is 24.1 Å². The van der Waals surface area contributed by atoms with Gasteiger partial charge >= 0.3 is 6.09 Å². The van der Waals surface area contributed by atoms with Crippen LogP contribution in [0.15, 0.2) is 57.9 Å². The second-order valence-electron chi connectivity index (χ2n) is 7.90. The third-order valence-electron chi connectivity index (χ3n) is 4.68. The molecule has 0 aliphatic rings. The fraction of sp³-hybridized carbons (Fsp3) is 0.350. The number of carbonyl (C=O) groups is 1. The summed E-state index contributed by atoms with van der Waals surface area (Å²) < 4.78 is 28.1. The number of nitrogens with zero attached hydrogens (tertiary/aromatic N) is 3. The van der Waals surface area contributed by atoms with E-state index in [0.29, 0.717) is 5.56 Å². The molecule has 0 saturated heterocycles. The van der Waals surface area contributed by atoms with Gasteiger partial charge in [-0.1, -0.05) is 40.2 Å². The molecule has 1 amide bonds. The molecule has 0 radical (unpaired) electrons. The van der Waals surface area contributed by atoms with Crippen molar-refractivity contribution in [2.45, 2.75) is 37.2 Å². The number of hydrogen-bond donors (Lipinski definition) is 1. The van der Waals surface area contributed by atoms with E-state index < -0.39 is 43.2 Å². The van der Waals surface area contributed by atoms with Crippen LogP contribution in [0.3, 0.4) is 0 Å². The summed E-state index contributed by atoms with van der Waals surface area (Å²) in [5.41, 5.74) is -0.794. The number of nitro benzene ring substituents is 1. The average molecular weight is 514 g/mol. The van der Waals surface area contributed by atoms with Gasteiger partial charge in [-0.2, -0.15) is 4.31 Å². The van der Waals surface area contributed by atoms with Gasteiger partial charge in [0, 0.05) is 29.7 Å². The van der Waals surface area contributed by atoms with Crippen LogP contribution in [-0.2, 0) is 10.0 Å². The van der Waals surface area contributed by atoms with E-state index in [0.717, 1.165) is 20.9 Å². The summed E-state index contributed by atoms with van der Waals surface area (Å²) in [6.07, 6.45) is -1.21. The topological polar surface area (TPSA) is 121 Å². The van der Waals surface area contributed by atoms with Crippen molar-refractivity contribution in [3.63, 3.8) is 0 Å². The first kappa shape index (κ1) is 24.8. The molecule has 2 aromatic rings. The summed E-state index contributed by atoms with van der Waals surface area (Å²) in [7, 11) is -2.99. The summed E-state index contributed by atoms with van der Waals surface area (Å²) in [6, 6.07) is 11.1.